The quantitative estimate of drug-likeness (QED) is 0.369. The summed E-state index contributed by atoms with van der Waals surface area (Å²) in [6, 6.07) is 1.56. The number of rotatable bonds is 6. The van der Waals surface area contributed by atoms with E-state index in [1.54, 1.807) is 0 Å². The van der Waals surface area contributed by atoms with Crippen LogP contribution in [0.2, 0.25) is 0 Å². The van der Waals surface area contributed by atoms with Crippen molar-refractivity contribution >= 4 is 15.9 Å². The van der Waals surface area contributed by atoms with Crippen LogP contribution in [0.15, 0.2) is 12.1 Å². The van der Waals surface area contributed by atoms with Gasteiger partial charge in [0.15, 0.2) is 6.29 Å². The molecule has 1 fully saturated rings. The predicted molar refractivity (Wildman–Crippen MR) is 77.1 cm³/mol. The fraction of sp³-hybridized carbons (Fsp3) is 0.600. The Kier molecular flexibility index (Phi) is 6.39. The van der Waals surface area contributed by atoms with Gasteiger partial charge < -0.3 is 9.47 Å². The largest absolute Gasteiger partial charge is 0.348 e. The summed E-state index contributed by atoms with van der Waals surface area (Å²) >= 11 is 1.94. The van der Waals surface area contributed by atoms with E-state index >= 15 is 0 Å². The molecule has 0 aliphatic carbocycles. The lowest BCUT2D eigenvalue weighted by Crippen LogP contribution is -2.27. The zero-order chi connectivity index (χ0) is 17.0. The molecule has 0 saturated carbocycles. The van der Waals surface area contributed by atoms with Gasteiger partial charge in [-0.15, -0.1) is 0 Å². The van der Waals surface area contributed by atoms with Gasteiger partial charge >= 0.3 is 4.83 Å². The Morgan fingerprint density at radius 2 is 1.65 bits per heavy atom. The van der Waals surface area contributed by atoms with E-state index in [-0.39, 0.29) is 18.2 Å². The van der Waals surface area contributed by atoms with Gasteiger partial charge in [-0.25, -0.2) is 8.78 Å². The van der Waals surface area contributed by atoms with Crippen LogP contribution in [0, 0.1) is 17.6 Å². The Balaban J connectivity index is 2.02. The lowest BCUT2D eigenvalue weighted by atomic mass is 10.0. The van der Waals surface area contributed by atoms with Gasteiger partial charge in [-0.05, 0) is 40.9 Å². The highest BCUT2D eigenvalue weighted by atomic mass is 79.9. The molecular formula is C15H16BrF5O2. The third kappa shape index (κ3) is 4.87. The Hall–Kier alpha value is -0.730. The SMILES string of the molecule is FCCCCC1COC(c2cc(F)c(C(F)(F)Br)c(F)c2)OC1. The predicted octanol–water partition coefficient (Wildman–Crippen LogP) is 5.21. The number of halogens is 6. The Bertz CT molecular complexity index is 504. The van der Waals surface area contributed by atoms with Crippen LogP contribution in [0.25, 0.3) is 0 Å². The summed E-state index contributed by atoms with van der Waals surface area (Å²) in [6.07, 6.45) is 0.901. The number of alkyl halides is 4. The maximum Gasteiger partial charge on any atom is 0.332 e. The molecule has 2 rings (SSSR count). The summed E-state index contributed by atoms with van der Waals surface area (Å²) in [5.41, 5.74) is -1.34. The zero-order valence-corrected chi connectivity index (χ0v) is 13.7. The third-order valence-corrected chi connectivity index (χ3v) is 3.98. The van der Waals surface area contributed by atoms with Gasteiger partial charge in [0.05, 0.1) is 19.9 Å². The normalized spacial score (nSPS) is 22.3. The molecule has 1 aromatic carbocycles. The van der Waals surface area contributed by atoms with Gasteiger partial charge in [-0.3, -0.25) is 4.39 Å². The van der Waals surface area contributed by atoms with Crippen molar-refractivity contribution in [2.45, 2.75) is 30.4 Å². The van der Waals surface area contributed by atoms with Crippen LogP contribution in [0.3, 0.4) is 0 Å². The van der Waals surface area contributed by atoms with E-state index in [1.807, 2.05) is 15.9 Å². The number of ether oxygens (including phenoxy) is 2. The average molecular weight is 403 g/mol. The van der Waals surface area contributed by atoms with Crippen molar-refractivity contribution in [3.8, 4) is 0 Å². The van der Waals surface area contributed by atoms with Gasteiger partial charge in [-0.1, -0.05) is 6.42 Å². The van der Waals surface area contributed by atoms with Crippen molar-refractivity contribution < 1.29 is 31.4 Å². The Labute approximate surface area is 139 Å². The summed E-state index contributed by atoms with van der Waals surface area (Å²) in [5.74, 6) is -2.67. The summed E-state index contributed by atoms with van der Waals surface area (Å²) in [7, 11) is 0. The van der Waals surface area contributed by atoms with Crippen LogP contribution in [0.1, 0.15) is 36.7 Å². The van der Waals surface area contributed by atoms with E-state index in [9.17, 15) is 22.0 Å². The Morgan fingerprint density at radius 3 is 2.13 bits per heavy atom. The smallest absolute Gasteiger partial charge is 0.332 e. The number of hydrogen-bond acceptors (Lipinski definition) is 2. The van der Waals surface area contributed by atoms with Crippen molar-refractivity contribution in [3.05, 3.63) is 34.9 Å². The van der Waals surface area contributed by atoms with Gasteiger partial charge in [0.1, 0.15) is 17.2 Å². The fourth-order valence-corrected chi connectivity index (χ4v) is 2.81. The van der Waals surface area contributed by atoms with Crippen LogP contribution in [-0.2, 0) is 14.3 Å². The first-order valence-corrected chi connectivity index (χ1v) is 7.97. The molecule has 130 valence electrons. The van der Waals surface area contributed by atoms with Gasteiger partial charge in [0.25, 0.3) is 0 Å². The highest BCUT2D eigenvalue weighted by Gasteiger charge is 2.36. The molecule has 0 aromatic heterocycles. The number of unbranched alkanes of at least 4 members (excludes halogenated alkanes) is 1. The lowest BCUT2D eigenvalue weighted by Gasteiger charge is -2.30. The van der Waals surface area contributed by atoms with Gasteiger partial charge in [-0.2, -0.15) is 8.78 Å². The van der Waals surface area contributed by atoms with E-state index < -0.39 is 28.3 Å². The van der Waals surface area contributed by atoms with Crippen LogP contribution in [0.5, 0.6) is 0 Å². The molecule has 0 spiro atoms. The second-order valence-electron chi connectivity index (χ2n) is 5.41. The van der Waals surface area contributed by atoms with E-state index in [1.165, 1.54) is 0 Å². The molecule has 1 heterocycles. The molecule has 2 nitrogen and oxygen atoms in total. The highest BCUT2D eigenvalue weighted by molar-refractivity contribution is 9.09. The lowest BCUT2D eigenvalue weighted by molar-refractivity contribution is -0.206. The average Bonchev–Trinajstić information content (AvgIpc) is 2.46. The molecule has 1 aromatic rings. The van der Waals surface area contributed by atoms with Crippen LogP contribution >= 0.6 is 15.9 Å². The maximum absolute atomic E-state index is 13.7. The monoisotopic (exact) mass is 402 g/mol. The molecule has 0 radical (unpaired) electrons. The fourth-order valence-electron chi connectivity index (χ4n) is 2.43. The van der Waals surface area contributed by atoms with Crippen molar-refractivity contribution in [3.63, 3.8) is 0 Å². The summed E-state index contributed by atoms with van der Waals surface area (Å²) in [4.78, 5) is -3.80. The van der Waals surface area contributed by atoms with Crippen LogP contribution < -0.4 is 0 Å². The molecule has 0 N–H and O–H groups in total. The molecule has 0 unspecified atom stereocenters. The highest BCUT2D eigenvalue weighted by Crippen LogP contribution is 2.39. The second-order valence-corrected chi connectivity index (χ2v) is 6.40. The molecule has 0 amide bonds. The van der Waals surface area contributed by atoms with E-state index in [2.05, 4.69) is 0 Å². The minimum Gasteiger partial charge on any atom is -0.348 e. The van der Waals surface area contributed by atoms with Crippen molar-refractivity contribution in [2.75, 3.05) is 19.9 Å². The topological polar surface area (TPSA) is 18.5 Å². The first-order chi connectivity index (χ1) is 10.8. The molecule has 0 bridgehead atoms. The Morgan fingerprint density at radius 1 is 1.09 bits per heavy atom. The van der Waals surface area contributed by atoms with Gasteiger partial charge in [0, 0.05) is 11.5 Å². The minimum absolute atomic E-state index is 0.00251. The summed E-state index contributed by atoms with van der Waals surface area (Å²) < 4.78 is 76.5. The molecule has 1 aliphatic rings. The van der Waals surface area contributed by atoms with E-state index in [0.717, 1.165) is 18.6 Å². The summed E-state index contributed by atoms with van der Waals surface area (Å²) in [5, 5.41) is 0. The molecule has 1 aliphatic heterocycles. The van der Waals surface area contributed by atoms with Gasteiger partial charge in [0.2, 0.25) is 0 Å². The standard InChI is InChI=1S/C15H16BrF5O2/c16-15(20,21)13-11(18)5-10(6-12(13)19)14-22-7-9(8-23-14)3-1-2-4-17/h5-6,9,14H,1-4,7-8H2. The first kappa shape index (κ1) is 18.6. The molecule has 8 heteroatoms. The zero-order valence-electron chi connectivity index (χ0n) is 12.1. The van der Waals surface area contributed by atoms with Crippen molar-refractivity contribution in [1.29, 1.82) is 0 Å². The maximum atomic E-state index is 13.7. The van der Waals surface area contributed by atoms with Crippen LogP contribution in [0.4, 0.5) is 22.0 Å². The molecule has 23 heavy (non-hydrogen) atoms. The van der Waals surface area contributed by atoms with E-state index in [4.69, 9.17) is 9.47 Å². The molecule has 1 saturated heterocycles. The molecule has 0 atom stereocenters. The van der Waals surface area contributed by atoms with Crippen LogP contribution in [-0.4, -0.2) is 19.9 Å². The number of benzene rings is 1. The minimum atomic E-state index is -3.80. The van der Waals surface area contributed by atoms with Crippen molar-refractivity contribution in [1.82, 2.24) is 0 Å². The third-order valence-electron chi connectivity index (χ3n) is 3.58. The molecular weight excluding hydrogens is 387 g/mol. The first-order valence-electron chi connectivity index (χ1n) is 7.18. The van der Waals surface area contributed by atoms with Crippen molar-refractivity contribution in [2.24, 2.45) is 5.92 Å². The second kappa shape index (κ2) is 7.90. The summed E-state index contributed by atoms with van der Waals surface area (Å²) in [6.45, 7) is 0.229. The number of hydrogen-bond donors (Lipinski definition) is 0. The van der Waals surface area contributed by atoms with E-state index in [0.29, 0.717) is 26.1 Å².